The Morgan fingerprint density at radius 3 is 2.65 bits per heavy atom. The number of hydrogen-bond donors (Lipinski definition) is 0. The van der Waals surface area contributed by atoms with Crippen molar-refractivity contribution >= 4 is 22.7 Å². The maximum absolute atomic E-state index is 14.0. The number of nitrogens with zero attached hydrogens (tertiary/aromatic N) is 2. The molecule has 0 spiro atoms. The summed E-state index contributed by atoms with van der Waals surface area (Å²) < 4.78 is 33.1. The van der Waals surface area contributed by atoms with E-state index in [1.54, 1.807) is 12.1 Å². The van der Waals surface area contributed by atoms with Crippen molar-refractivity contribution in [1.29, 1.82) is 0 Å². The number of likely N-dealkylation sites (tertiary alicyclic amines) is 1. The molecule has 1 atom stereocenters. The fourth-order valence-electron chi connectivity index (χ4n) is 3.66. The van der Waals surface area contributed by atoms with Crippen molar-refractivity contribution in [3.63, 3.8) is 0 Å². The standard InChI is InChI=1S/C20H19ClF2N2O/c1-12(16-4-3-15(22)11-17(16)23)25-8-6-13(7-9-25)20-24-18-10-14(21)2-5-19(18)26-20/h2-5,10-13H,6-9H2,1H3. The quantitative estimate of drug-likeness (QED) is 0.587. The third-order valence-electron chi connectivity index (χ3n) is 5.21. The van der Waals surface area contributed by atoms with Crippen molar-refractivity contribution in [2.24, 2.45) is 0 Å². The minimum Gasteiger partial charge on any atom is -0.440 e. The molecule has 0 N–H and O–H groups in total. The molecule has 0 radical (unpaired) electrons. The summed E-state index contributed by atoms with van der Waals surface area (Å²) in [5, 5.41) is 0.641. The van der Waals surface area contributed by atoms with Gasteiger partial charge in [0.2, 0.25) is 0 Å². The number of halogens is 3. The molecule has 0 aliphatic carbocycles. The summed E-state index contributed by atoms with van der Waals surface area (Å²) in [7, 11) is 0. The normalized spacial score (nSPS) is 17.7. The second-order valence-electron chi connectivity index (χ2n) is 6.82. The first-order valence-corrected chi connectivity index (χ1v) is 9.14. The second kappa shape index (κ2) is 6.97. The van der Waals surface area contributed by atoms with Crippen LogP contribution in [0.5, 0.6) is 0 Å². The fourth-order valence-corrected chi connectivity index (χ4v) is 3.83. The SMILES string of the molecule is CC(c1ccc(F)cc1F)N1CCC(c2nc3cc(Cl)ccc3o2)CC1. The van der Waals surface area contributed by atoms with Gasteiger partial charge in [0, 0.05) is 28.6 Å². The molecule has 136 valence electrons. The Hall–Kier alpha value is -1.98. The predicted molar refractivity (Wildman–Crippen MR) is 97.3 cm³/mol. The molecule has 1 saturated heterocycles. The van der Waals surface area contributed by atoms with Crippen molar-refractivity contribution in [2.75, 3.05) is 13.1 Å². The third kappa shape index (κ3) is 3.33. The Morgan fingerprint density at radius 2 is 1.92 bits per heavy atom. The maximum atomic E-state index is 14.0. The highest BCUT2D eigenvalue weighted by Crippen LogP contribution is 2.34. The molecule has 1 aromatic heterocycles. The van der Waals surface area contributed by atoms with Crippen molar-refractivity contribution in [2.45, 2.75) is 31.7 Å². The van der Waals surface area contributed by atoms with Crippen LogP contribution in [0.1, 0.15) is 43.2 Å². The van der Waals surface area contributed by atoms with Gasteiger partial charge in [0.25, 0.3) is 0 Å². The summed E-state index contributed by atoms with van der Waals surface area (Å²) in [4.78, 5) is 6.79. The van der Waals surface area contributed by atoms with E-state index in [0.717, 1.165) is 49.0 Å². The van der Waals surface area contributed by atoms with Crippen molar-refractivity contribution < 1.29 is 13.2 Å². The molecule has 3 aromatic rings. The minimum atomic E-state index is -0.548. The summed E-state index contributed by atoms with van der Waals surface area (Å²) in [6, 6.07) is 9.12. The summed E-state index contributed by atoms with van der Waals surface area (Å²) in [6.07, 6.45) is 1.77. The molecule has 1 aliphatic rings. The van der Waals surface area contributed by atoms with E-state index in [9.17, 15) is 8.78 Å². The molecule has 0 bridgehead atoms. The summed E-state index contributed by atoms with van der Waals surface area (Å²) in [5.41, 5.74) is 2.05. The van der Waals surface area contributed by atoms with E-state index < -0.39 is 11.6 Å². The van der Waals surface area contributed by atoms with Crippen LogP contribution in [0.2, 0.25) is 5.02 Å². The van der Waals surface area contributed by atoms with Crippen LogP contribution in [0.4, 0.5) is 8.78 Å². The average Bonchev–Trinajstić information content (AvgIpc) is 3.04. The van der Waals surface area contributed by atoms with Crippen LogP contribution < -0.4 is 0 Å². The number of hydrogen-bond acceptors (Lipinski definition) is 3. The largest absolute Gasteiger partial charge is 0.440 e. The number of benzene rings is 2. The highest BCUT2D eigenvalue weighted by atomic mass is 35.5. The molecular weight excluding hydrogens is 358 g/mol. The monoisotopic (exact) mass is 376 g/mol. The second-order valence-corrected chi connectivity index (χ2v) is 7.25. The number of fused-ring (bicyclic) bond motifs is 1. The number of piperidine rings is 1. The summed E-state index contributed by atoms with van der Waals surface area (Å²) in [6.45, 7) is 3.57. The number of oxazole rings is 1. The average molecular weight is 377 g/mol. The lowest BCUT2D eigenvalue weighted by atomic mass is 9.94. The van der Waals surface area contributed by atoms with Crippen LogP contribution in [0.3, 0.4) is 0 Å². The van der Waals surface area contributed by atoms with Gasteiger partial charge in [-0.25, -0.2) is 13.8 Å². The van der Waals surface area contributed by atoms with Crippen molar-refractivity contribution in [3.8, 4) is 0 Å². The van der Waals surface area contributed by atoms with Gasteiger partial charge in [0.15, 0.2) is 11.5 Å². The van der Waals surface area contributed by atoms with Crippen LogP contribution in [-0.4, -0.2) is 23.0 Å². The molecule has 1 unspecified atom stereocenters. The third-order valence-corrected chi connectivity index (χ3v) is 5.44. The molecule has 1 fully saturated rings. The van der Waals surface area contributed by atoms with Crippen molar-refractivity contribution in [3.05, 3.63) is 64.5 Å². The zero-order valence-corrected chi connectivity index (χ0v) is 15.1. The lowest BCUT2D eigenvalue weighted by Gasteiger charge is -2.35. The molecule has 4 rings (SSSR count). The first-order chi connectivity index (χ1) is 12.5. The van der Waals surface area contributed by atoms with E-state index in [1.165, 1.54) is 12.1 Å². The van der Waals surface area contributed by atoms with Crippen LogP contribution >= 0.6 is 11.6 Å². The molecule has 2 aromatic carbocycles. The fraction of sp³-hybridized carbons (Fsp3) is 0.350. The van der Waals surface area contributed by atoms with Gasteiger partial charge in [-0.05, 0) is 57.1 Å². The zero-order valence-electron chi connectivity index (χ0n) is 14.4. The Bertz CT molecular complexity index is 935. The Balaban J connectivity index is 1.46. The summed E-state index contributed by atoms with van der Waals surface area (Å²) >= 11 is 6.01. The van der Waals surface area contributed by atoms with Crippen LogP contribution in [0, 0.1) is 11.6 Å². The molecule has 26 heavy (non-hydrogen) atoms. The van der Waals surface area contributed by atoms with Crippen LogP contribution in [0.15, 0.2) is 40.8 Å². The Labute approximate surface area is 155 Å². The molecule has 0 amide bonds. The van der Waals surface area contributed by atoms with E-state index in [1.807, 2.05) is 13.0 Å². The molecule has 0 saturated carbocycles. The highest BCUT2D eigenvalue weighted by Gasteiger charge is 2.28. The van der Waals surface area contributed by atoms with E-state index in [2.05, 4.69) is 9.88 Å². The smallest absolute Gasteiger partial charge is 0.198 e. The molecular formula is C20H19ClF2N2O. The topological polar surface area (TPSA) is 29.3 Å². The first-order valence-electron chi connectivity index (χ1n) is 8.76. The van der Waals surface area contributed by atoms with E-state index in [-0.39, 0.29) is 12.0 Å². The molecule has 6 heteroatoms. The first kappa shape index (κ1) is 17.4. The number of rotatable bonds is 3. The minimum absolute atomic E-state index is 0.0982. The van der Waals surface area contributed by atoms with Gasteiger partial charge in [0.1, 0.15) is 17.2 Å². The van der Waals surface area contributed by atoms with Crippen LogP contribution in [-0.2, 0) is 0 Å². The van der Waals surface area contributed by atoms with Gasteiger partial charge in [-0.2, -0.15) is 0 Å². The van der Waals surface area contributed by atoms with Gasteiger partial charge >= 0.3 is 0 Å². The maximum Gasteiger partial charge on any atom is 0.198 e. The molecule has 1 aliphatic heterocycles. The van der Waals surface area contributed by atoms with Crippen molar-refractivity contribution in [1.82, 2.24) is 9.88 Å². The zero-order chi connectivity index (χ0) is 18.3. The molecule has 2 heterocycles. The van der Waals surface area contributed by atoms with Gasteiger partial charge in [-0.15, -0.1) is 0 Å². The highest BCUT2D eigenvalue weighted by molar-refractivity contribution is 6.31. The van der Waals surface area contributed by atoms with E-state index >= 15 is 0 Å². The van der Waals surface area contributed by atoms with E-state index in [0.29, 0.717) is 10.6 Å². The van der Waals surface area contributed by atoms with E-state index in [4.69, 9.17) is 16.0 Å². The lowest BCUT2D eigenvalue weighted by molar-refractivity contribution is 0.152. The van der Waals surface area contributed by atoms with Gasteiger partial charge in [-0.3, -0.25) is 4.90 Å². The molecule has 3 nitrogen and oxygen atoms in total. The van der Waals surface area contributed by atoms with Gasteiger partial charge in [0.05, 0.1) is 0 Å². The Kier molecular flexibility index (Phi) is 4.67. The summed E-state index contributed by atoms with van der Waals surface area (Å²) in [5.74, 6) is -0.0612. The van der Waals surface area contributed by atoms with Crippen LogP contribution in [0.25, 0.3) is 11.1 Å². The Morgan fingerprint density at radius 1 is 1.15 bits per heavy atom. The number of aromatic nitrogens is 1. The van der Waals surface area contributed by atoms with Gasteiger partial charge in [-0.1, -0.05) is 17.7 Å². The predicted octanol–water partition coefficient (Wildman–Crippen LogP) is 5.70. The van der Waals surface area contributed by atoms with Gasteiger partial charge < -0.3 is 4.42 Å². The lowest BCUT2D eigenvalue weighted by Crippen LogP contribution is -2.35.